The van der Waals surface area contributed by atoms with E-state index in [2.05, 4.69) is 12.1 Å². The maximum Gasteiger partial charge on any atom is 0.339 e. The second-order valence-electron chi connectivity index (χ2n) is 10.4. The number of benzene rings is 4. The Balaban J connectivity index is 0.000000314. The predicted molar refractivity (Wildman–Crippen MR) is 159 cm³/mol. The Bertz CT molecular complexity index is 1730. The van der Waals surface area contributed by atoms with Crippen LogP contribution >= 0.6 is 0 Å². The molecule has 1 heterocycles. The standard InChI is InChI=1S/C18H15F2O3.C18H13F2O2.2Y/c1-11-8-15(19)14(16(20)9-11)10-17(21)23-12(2)18(22)13-6-4-3-5-7-13;1-10-8-13(19)16(14(20)9-10)17-15(11(2)22-18(17)21)12-6-4-3-5-7-12;;/h4-9,12H,10H2,1-2H3;4-9,11H,1-2H3;;/q2*-1;;. The summed E-state index contributed by atoms with van der Waals surface area (Å²) >= 11 is 0. The van der Waals surface area contributed by atoms with E-state index in [4.69, 9.17) is 9.47 Å². The Morgan fingerprint density at radius 1 is 0.830 bits per heavy atom. The molecular formula is C36H28F4O5Y2-2. The molecule has 0 fully saturated rings. The van der Waals surface area contributed by atoms with E-state index in [0.717, 1.165) is 12.1 Å². The summed E-state index contributed by atoms with van der Waals surface area (Å²) in [6.45, 7) is 6.24. The number of ketones is 1. The van der Waals surface area contributed by atoms with Crippen molar-refractivity contribution in [2.45, 2.75) is 46.3 Å². The number of aryl methyl sites for hydroxylation is 2. The number of halogens is 4. The summed E-state index contributed by atoms with van der Waals surface area (Å²) in [4.78, 5) is 36.0. The third-order valence-corrected chi connectivity index (χ3v) is 6.92. The average molecular weight is 794 g/mol. The molecule has 0 aliphatic carbocycles. The predicted octanol–water partition coefficient (Wildman–Crippen LogP) is 7.36. The molecule has 1 aliphatic heterocycles. The first-order valence-electron chi connectivity index (χ1n) is 13.9. The average Bonchev–Trinajstić information content (AvgIpc) is 3.28. The van der Waals surface area contributed by atoms with E-state index in [0.29, 0.717) is 27.8 Å². The fraction of sp³-hybridized carbons (Fsp3) is 0.194. The summed E-state index contributed by atoms with van der Waals surface area (Å²) < 4.78 is 66.1. The third-order valence-electron chi connectivity index (χ3n) is 6.92. The van der Waals surface area contributed by atoms with Gasteiger partial charge in [-0.2, -0.15) is 60.7 Å². The molecule has 0 aromatic heterocycles. The Morgan fingerprint density at radius 3 is 1.81 bits per heavy atom. The van der Waals surface area contributed by atoms with Crippen LogP contribution in [0.25, 0.3) is 11.1 Å². The minimum absolute atomic E-state index is 0. The van der Waals surface area contributed by atoms with E-state index < -0.39 is 59.6 Å². The van der Waals surface area contributed by atoms with Gasteiger partial charge in [-0.25, -0.2) is 22.4 Å². The van der Waals surface area contributed by atoms with E-state index in [1.165, 1.54) is 19.1 Å². The van der Waals surface area contributed by atoms with Crippen molar-refractivity contribution in [2.75, 3.05) is 0 Å². The van der Waals surface area contributed by atoms with Gasteiger partial charge in [-0.3, -0.25) is 9.59 Å². The van der Waals surface area contributed by atoms with E-state index in [1.807, 2.05) is 0 Å². The van der Waals surface area contributed by atoms with Gasteiger partial charge in [-0.1, -0.05) is 5.56 Å². The van der Waals surface area contributed by atoms with E-state index in [-0.39, 0.29) is 82.1 Å². The van der Waals surface area contributed by atoms with E-state index in [1.54, 1.807) is 69.3 Å². The molecule has 0 amide bonds. The summed E-state index contributed by atoms with van der Waals surface area (Å²) in [5, 5.41) is 0. The van der Waals surface area contributed by atoms with Gasteiger partial charge in [0, 0.05) is 71.0 Å². The zero-order valence-corrected chi connectivity index (χ0v) is 31.7. The molecular weight excluding hydrogens is 766 g/mol. The summed E-state index contributed by atoms with van der Waals surface area (Å²) in [7, 11) is 0. The summed E-state index contributed by atoms with van der Waals surface area (Å²) in [6.07, 6.45) is -2.18. The van der Waals surface area contributed by atoms with Crippen LogP contribution in [-0.4, -0.2) is 29.9 Å². The number of ether oxygens (including phenoxy) is 2. The van der Waals surface area contributed by atoms with Crippen molar-refractivity contribution in [1.29, 1.82) is 0 Å². The van der Waals surface area contributed by atoms with Gasteiger partial charge in [0.25, 0.3) is 0 Å². The van der Waals surface area contributed by atoms with Gasteiger partial charge in [0.2, 0.25) is 0 Å². The monoisotopic (exact) mass is 794 g/mol. The molecule has 11 heteroatoms. The number of hydrogen-bond acceptors (Lipinski definition) is 5. The maximum absolute atomic E-state index is 14.3. The normalized spacial score (nSPS) is 14.1. The number of carbonyl (C=O) groups excluding carboxylic acids is 3. The van der Waals surface area contributed by atoms with Gasteiger partial charge in [0.05, 0.1) is 17.6 Å². The van der Waals surface area contributed by atoms with Crippen LogP contribution in [0.1, 0.15) is 52.0 Å². The molecule has 1 aliphatic rings. The van der Waals surface area contributed by atoms with Crippen LogP contribution in [-0.2, 0) is 90.9 Å². The van der Waals surface area contributed by atoms with Crippen LogP contribution in [0.4, 0.5) is 17.6 Å². The van der Waals surface area contributed by atoms with Crippen molar-refractivity contribution in [2.24, 2.45) is 0 Å². The minimum Gasteiger partial charge on any atom is -0.454 e. The first-order valence-corrected chi connectivity index (χ1v) is 13.9. The fourth-order valence-corrected chi connectivity index (χ4v) is 4.83. The minimum atomic E-state index is -1.04. The van der Waals surface area contributed by atoms with E-state index >= 15 is 0 Å². The number of hydrogen-bond donors (Lipinski definition) is 0. The first-order chi connectivity index (χ1) is 21.4. The van der Waals surface area contributed by atoms with Crippen molar-refractivity contribution in [3.63, 3.8) is 0 Å². The third kappa shape index (κ3) is 10.1. The number of esters is 2. The smallest absolute Gasteiger partial charge is 0.339 e. The second-order valence-corrected chi connectivity index (χ2v) is 10.4. The van der Waals surface area contributed by atoms with Crippen LogP contribution < -0.4 is 0 Å². The number of carbonyl (C=O) groups is 3. The quantitative estimate of drug-likeness (QED) is 0.0848. The molecule has 4 aromatic carbocycles. The van der Waals surface area contributed by atoms with Crippen LogP contribution in [0.2, 0.25) is 0 Å². The maximum atomic E-state index is 14.3. The topological polar surface area (TPSA) is 69.7 Å². The van der Waals surface area contributed by atoms with Crippen molar-refractivity contribution >= 4 is 28.9 Å². The Labute approximate surface area is 320 Å². The zero-order chi connectivity index (χ0) is 32.8. The first kappa shape index (κ1) is 40.3. The molecule has 0 N–H and O–H groups in total. The largest absolute Gasteiger partial charge is 0.454 e. The van der Waals surface area contributed by atoms with Gasteiger partial charge in [0.15, 0.2) is 11.9 Å². The van der Waals surface area contributed by atoms with Crippen LogP contribution in [0, 0.1) is 49.2 Å². The van der Waals surface area contributed by atoms with E-state index in [9.17, 15) is 31.9 Å². The molecule has 5 nitrogen and oxygen atoms in total. The van der Waals surface area contributed by atoms with Gasteiger partial charge in [0.1, 0.15) is 29.4 Å². The number of Topliss-reactive ketones (excluding diaryl/α,β-unsaturated/α-hetero) is 1. The number of cyclic esters (lactones) is 1. The molecule has 4 aromatic rings. The molecule has 2 unspecified atom stereocenters. The summed E-state index contributed by atoms with van der Waals surface area (Å²) in [5.41, 5.74) is 1.67. The van der Waals surface area contributed by atoms with Crippen molar-refractivity contribution in [1.82, 2.24) is 0 Å². The van der Waals surface area contributed by atoms with Gasteiger partial charge < -0.3 is 9.47 Å². The molecule has 2 atom stereocenters. The van der Waals surface area contributed by atoms with Crippen molar-refractivity contribution in [3.05, 3.63) is 142 Å². The summed E-state index contributed by atoms with van der Waals surface area (Å²) in [5.74, 6) is -5.12. The molecule has 0 saturated carbocycles. The zero-order valence-electron chi connectivity index (χ0n) is 26.0. The molecule has 0 saturated heterocycles. The Hall–Kier alpha value is -2.84. The van der Waals surface area contributed by atoms with Crippen molar-refractivity contribution in [3.8, 4) is 0 Å². The fourth-order valence-electron chi connectivity index (χ4n) is 4.83. The molecule has 238 valence electrons. The van der Waals surface area contributed by atoms with Gasteiger partial charge in [-0.15, -0.1) is 5.56 Å². The van der Waals surface area contributed by atoms with Crippen LogP contribution in [0.15, 0.2) is 72.8 Å². The van der Waals surface area contributed by atoms with Crippen LogP contribution in [0.3, 0.4) is 0 Å². The molecule has 2 radical (unpaired) electrons. The SMILES string of the molecule is Cc1cc(F)c(C2=C(c3cc[c-]cc3)C(C)OC2=O)c(F)c1.Cc1cc(F)c(CC(=O)OC(C)C(=O)c2cc[c-]cc2)c(F)c1.[Y].[Y]. The molecule has 47 heavy (non-hydrogen) atoms. The number of rotatable bonds is 7. The Kier molecular flexibility index (Phi) is 15.5. The summed E-state index contributed by atoms with van der Waals surface area (Å²) in [6, 6.07) is 23.4. The Morgan fingerprint density at radius 2 is 1.30 bits per heavy atom. The van der Waals surface area contributed by atoms with Gasteiger partial charge >= 0.3 is 11.9 Å². The van der Waals surface area contributed by atoms with Gasteiger partial charge in [-0.05, 0) is 68.7 Å². The molecule has 0 bridgehead atoms. The molecule has 0 spiro atoms. The van der Waals surface area contributed by atoms with Crippen LogP contribution in [0.5, 0.6) is 0 Å². The van der Waals surface area contributed by atoms with Crippen molar-refractivity contribution < 1.29 is 107 Å². The second kappa shape index (κ2) is 18.1. The molecule has 5 rings (SSSR count).